The van der Waals surface area contributed by atoms with Crippen LogP contribution in [-0.2, 0) is 11.3 Å². The van der Waals surface area contributed by atoms with Crippen LogP contribution in [0.2, 0.25) is 0 Å². The van der Waals surface area contributed by atoms with Crippen LogP contribution in [0, 0.1) is 0 Å². The zero-order chi connectivity index (χ0) is 23.5. The van der Waals surface area contributed by atoms with Gasteiger partial charge in [0.2, 0.25) is 5.91 Å². The molecule has 1 saturated heterocycles. The molecular formula is C27H27N3O4. The minimum atomic E-state index is -0.00733. The van der Waals surface area contributed by atoms with Gasteiger partial charge in [-0.2, -0.15) is 0 Å². The third-order valence-electron chi connectivity index (χ3n) is 6.18. The molecule has 1 aliphatic rings. The van der Waals surface area contributed by atoms with Gasteiger partial charge in [0.15, 0.2) is 0 Å². The first kappa shape index (κ1) is 21.8. The Bertz CT molecular complexity index is 1300. The number of carbonyl (C=O) groups excluding carboxylic acids is 1. The summed E-state index contributed by atoms with van der Waals surface area (Å²) in [5, 5.41) is 0. The first-order valence-electron chi connectivity index (χ1n) is 11.3. The van der Waals surface area contributed by atoms with E-state index in [1.165, 1.54) is 0 Å². The van der Waals surface area contributed by atoms with Crippen molar-refractivity contribution in [1.29, 1.82) is 0 Å². The van der Waals surface area contributed by atoms with Crippen LogP contribution in [0.5, 0.6) is 17.2 Å². The number of amides is 1. The SMILES string of the molecule is COc1ccc(OCCn2c(C3CC(=O)N(c4cccc(OC)c4)C3)nc3ccccc32)cc1. The van der Waals surface area contributed by atoms with Crippen molar-refractivity contribution in [3.05, 3.63) is 78.6 Å². The van der Waals surface area contributed by atoms with Gasteiger partial charge in [0.1, 0.15) is 29.7 Å². The Morgan fingerprint density at radius 1 is 0.912 bits per heavy atom. The summed E-state index contributed by atoms with van der Waals surface area (Å²) >= 11 is 0. The number of anilines is 1. The number of hydrogen-bond donors (Lipinski definition) is 0. The lowest BCUT2D eigenvalue weighted by Crippen LogP contribution is -2.24. The standard InChI is InChI=1S/C27H27N3O4/c1-32-21-10-12-22(13-11-21)34-15-14-29-25-9-4-3-8-24(25)28-27(29)19-16-26(31)30(18-19)20-6-5-7-23(17-20)33-2/h3-13,17,19H,14-16,18H2,1-2H3. The van der Waals surface area contributed by atoms with E-state index in [1.807, 2.05) is 71.6 Å². The largest absolute Gasteiger partial charge is 0.497 e. The second kappa shape index (κ2) is 9.47. The first-order chi connectivity index (χ1) is 16.7. The van der Waals surface area contributed by atoms with Crippen LogP contribution >= 0.6 is 0 Å². The summed E-state index contributed by atoms with van der Waals surface area (Å²) < 4.78 is 18.7. The van der Waals surface area contributed by atoms with E-state index in [4.69, 9.17) is 19.2 Å². The summed E-state index contributed by atoms with van der Waals surface area (Å²) in [7, 11) is 3.27. The molecule has 0 spiro atoms. The third-order valence-corrected chi connectivity index (χ3v) is 6.18. The predicted octanol–water partition coefficient (Wildman–Crippen LogP) is 4.65. The molecule has 7 nitrogen and oxygen atoms in total. The molecule has 0 radical (unpaired) electrons. The molecule has 34 heavy (non-hydrogen) atoms. The molecule has 174 valence electrons. The van der Waals surface area contributed by atoms with Crippen LogP contribution in [0.1, 0.15) is 18.2 Å². The lowest BCUT2D eigenvalue weighted by atomic mass is 10.1. The van der Waals surface area contributed by atoms with Crippen molar-refractivity contribution >= 4 is 22.6 Å². The number of imidazole rings is 1. The molecule has 0 N–H and O–H groups in total. The quantitative estimate of drug-likeness (QED) is 0.385. The monoisotopic (exact) mass is 457 g/mol. The van der Waals surface area contributed by atoms with Gasteiger partial charge in [-0.3, -0.25) is 4.79 Å². The molecule has 4 aromatic rings. The Balaban J connectivity index is 1.37. The highest BCUT2D eigenvalue weighted by Gasteiger charge is 2.35. The molecule has 1 fully saturated rings. The van der Waals surface area contributed by atoms with E-state index in [9.17, 15) is 4.79 Å². The lowest BCUT2D eigenvalue weighted by Gasteiger charge is -2.18. The summed E-state index contributed by atoms with van der Waals surface area (Å²) in [5.74, 6) is 3.31. The second-order valence-corrected chi connectivity index (χ2v) is 8.24. The van der Waals surface area contributed by atoms with Crippen molar-refractivity contribution in [2.24, 2.45) is 0 Å². The molecule has 5 rings (SSSR count). The van der Waals surface area contributed by atoms with Crippen LogP contribution in [0.25, 0.3) is 11.0 Å². The highest BCUT2D eigenvalue weighted by Crippen LogP contribution is 2.34. The second-order valence-electron chi connectivity index (χ2n) is 8.24. The summed E-state index contributed by atoms with van der Waals surface area (Å²) in [4.78, 5) is 19.7. The fourth-order valence-electron chi connectivity index (χ4n) is 4.48. The van der Waals surface area contributed by atoms with Crippen LogP contribution in [0.15, 0.2) is 72.8 Å². The number of rotatable bonds is 8. The highest BCUT2D eigenvalue weighted by molar-refractivity contribution is 5.96. The van der Waals surface area contributed by atoms with Crippen molar-refractivity contribution < 1.29 is 19.0 Å². The predicted molar refractivity (Wildman–Crippen MR) is 131 cm³/mol. The zero-order valence-corrected chi connectivity index (χ0v) is 19.3. The molecule has 0 aliphatic carbocycles. The molecule has 0 saturated carbocycles. The fraction of sp³-hybridized carbons (Fsp3) is 0.259. The van der Waals surface area contributed by atoms with E-state index in [0.717, 1.165) is 39.8 Å². The van der Waals surface area contributed by atoms with E-state index in [-0.39, 0.29) is 11.8 Å². The molecule has 3 aromatic carbocycles. The maximum Gasteiger partial charge on any atom is 0.227 e. The molecule has 1 aromatic heterocycles. The van der Waals surface area contributed by atoms with E-state index in [2.05, 4.69) is 10.6 Å². The summed E-state index contributed by atoms with van der Waals surface area (Å²) in [6.07, 6.45) is 0.417. The molecule has 1 amide bonds. The number of fused-ring (bicyclic) bond motifs is 1. The van der Waals surface area contributed by atoms with Crippen LogP contribution in [0.3, 0.4) is 0 Å². The van der Waals surface area contributed by atoms with E-state index >= 15 is 0 Å². The summed E-state index contributed by atoms with van der Waals surface area (Å²) in [5.41, 5.74) is 2.81. The minimum Gasteiger partial charge on any atom is -0.497 e. The molecule has 2 heterocycles. The number of methoxy groups -OCH3 is 2. The minimum absolute atomic E-state index is 0.00733. The van der Waals surface area contributed by atoms with Gasteiger partial charge < -0.3 is 23.7 Å². The molecule has 7 heteroatoms. The Kier molecular flexibility index (Phi) is 6.08. The number of para-hydroxylation sites is 2. The van der Waals surface area contributed by atoms with Gasteiger partial charge in [0.25, 0.3) is 0 Å². The fourth-order valence-corrected chi connectivity index (χ4v) is 4.48. The third kappa shape index (κ3) is 4.29. The topological polar surface area (TPSA) is 65.8 Å². The normalized spacial score (nSPS) is 15.6. The molecule has 0 bridgehead atoms. The average Bonchev–Trinajstić information content (AvgIpc) is 3.45. The van der Waals surface area contributed by atoms with Crippen molar-refractivity contribution in [2.45, 2.75) is 18.9 Å². The summed E-state index contributed by atoms with van der Waals surface area (Å²) in [6.45, 7) is 1.69. The number of nitrogens with zero attached hydrogens (tertiary/aromatic N) is 3. The van der Waals surface area contributed by atoms with Gasteiger partial charge in [-0.15, -0.1) is 0 Å². The molecule has 1 atom stereocenters. The Morgan fingerprint density at radius 3 is 2.47 bits per heavy atom. The van der Waals surface area contributed by atoms with Gasteiger partial charge in [0, 0.05) is 30.6 Å². The number of benzene rings is 3. The first-order valence-corrected chi connectivity index (χ1v) is 11.3. The molecule has 1 aliphatic heterocycles. The Morgan fingerprint density at radius 2 is 1.68 bits per heavy atom. The van der Waals surface area contributed by atoms with Gasteiger partial charge in [-0.25, -0.2) is 4.98 Å². The highest BCUT2D eigenvalue weighted by atomic mass is 16.5. The van der Waals surface area contributed by atoms with Crippen molar-refractivity contribution in [2.75, 3.05) is 32.3 Å². The van der Waals surface area contributed by atoms with E-state index in [0.29, 0.717) is 26.1 Å². The van der Waals surface area contributed by atoms with E-state index in [1.54, 1.807) is 14.2 Å². The number of hydrogen-bond acceptors (Lipinski definition) is 5. The summed E-state index contributed by atoms with van der Waals surface area (Å²) in [6, 6.07) is 23.2. The lowest BCUT2D eigenvalue weighted by molar-refractivity contribution is -0.117. The number of ether oxygens (including phenoxy) is 3. The Hall–Kier alpha value is -4.00. The van der Waals surface area contributed by atoms with Gasteiger partial charge in [-0.05, 0) is 48.5 Å². The van der Waals surface area contributed by atoms with Crippen molar-refractivity contribution in [1.82, 2.24) is 9.55 Å². The molecular weight excluding hydrogens is 430 g/mol. The van der Waals surface area contributed by atoms with E-state index < -0.39 is 0 Å². The smallest absolute Gasteiger partial charge is 0.227 e. The van der Waals surface area contributed by atoms with Gasteiger partial charge in [-0.1, -0.05) is 18.2 Å². The maximum absolute atomic E-state index is 12.9. The number of carbonyl (C=O) groups is 1. The van der Waals surface area contributed by atoms with Gasteiger partial charge in [0.05, 0.1) is 31.8 Å². The van der Waals surface area contributed by atoms with Gasteiger partial charge >= 0.3 is 0 Å². The average molecular weight is 458 g/mol. The molecule has 1 unspecified atom stereocenters. The van der Waals surface area contributed by atoms with Crippen LogP contribution in [0.4, 0.5) is 5.69 Å². The Labute approximate surface area is 198 Å². The van der Waals surface area contributed by atoms with Crippen LogP contribution in [-0.4, -0.2) is 42.8 Å². The number of aromatic nitrogens is 2. The maximum atomic E-state index is 12.9. The van der Waals surface area contributed by atoms with Crippen molar-refractivity contribution in [3.8, 4) is 17.2 Å². The zero-order valence-electron chi connectivity index (χ0n) is 19.3. The van der Waals surface area contributed by atoms with Crippen LogP contribution < -0.4 is 19.1 Å². The van der Waals surface area contributed by atoms with Crippen molar-refractivity contribution in [3.63, 3.8) is 0 Å².